The Balaban J connectivity index is 1.32. The molecule has 6 nitrogen and oxygen atoms in total. The zero-order valence-corrected chi connectivity index (χ0v) is 18.9. The van der Waals surface area contributed by atoms with Gasteiger partial charge in [-0.1, -0.05) is 42.5 Å². The Kier molecular flexibility index (Phi) is 5.17. The van der Waals surface area contributed by atoms with Crippen LogP contribution in [-0.2, 0) is 0 Å². The molecule has 0 unspecified atom stereocenters. The minimum Gasteiger partial charge on any atom is -0.338 e. The van der Waals surface area contributed by atoms with E-state index >= 15 is 0 Å². The molecule has 1 aliphatic heterocycles. The van der Waals surface area contributed by atoms with Crippen molar-refractivity contribution in [3.05, 3.63) is 101 Å². The lowest BCUT2D eigenvalue weighted by molar-refractivity contribution is 0.0697. The third-order valence-corrected chi connectivity index (χ3v) is 6.81. The van der Waals surface area contributed by atoms with Crippen molar-refractivity contribution in [3.63, 3.8) is 0 Å². The van der Waals surface area contributed by atoms with Crippen molar-refractivity contribution >= 4 is 27.8 Å². The van der Waals surface area contributed by atoms with Gasteiger partial charge in [0.25, 0.3) is 5.91 Å². The SMILES string of the molecule is O=C(c1cc(-c2ccccc2)nc2ccc(F)cc12)N1CCC(n2c(=O)[nH]c3ccccc32)CC1. The number of hydrogen-bond acceptors (Lipinski definition) is 3. The van der Waals surface area contributed by atoms with Crippen LogP contribution < -0.4 is 5.69 Å². The number of aromatic amines is 1. The quantitative estimate of drug-likeness (QED) is 0.399. The van der Waals surface area contributed by atoms with Crippen LogP contribution >= 0.6 is 0 Å². The zero-order chi connectivity index (χ0) is 23.9. The number of amides is 1. The molecule has 0 radical (unpaired) electrons. The molecule has 3 heterocycles. The summed E-state index contributed by atoms with van der Waals surface area (Å²) in [6.45, 7) is 1.02. The van der Waals surface area contributed by atoms with Gasteiger partial charge in [0.1, 0.15) is 5.82 Å². The Morgan fingerprint density at radius 2 is 1.69 bits per heavy atom. The first-order valence-electron chi connectivity index (χ1n) is 11.7. The number of H-pyrrole nitrogens is 1. The molecular weight excluding hydrogens is 443 g/mol. The number of carbonyl (C=O) groups excluding carboxylic acids is 1. The molecule has 5 aromatic rings. The topological polar surface area (TPSA) is 71.0 Å². The number of hydrogen-bond donors (Lipinski definition) is 1. The first kappa shape index (κ1) is 21.3. The summed E-state index contributed by atoms with van der Waals surface area (Å²) < 4.78 is 15.9. The van der Waals surface area contributed by atoms with Crippen molar-refractivity contribution in [2.24, 2.45) is 0 Å². The zero-order valence-electron chi connectivity index (χ0n) is 18.9. The van der Waals surface area contributed by atoms with Gasteiger partial charge in [0.05, 0.1) is 27.8 Å². The molecule has 0 aliphatic carbocycles. The fraction of sp³-hybridized carbons (Fsp3) is 0.179. The molecule has 0 saturated carbocycles. The number of para-hydroxylation sites is 2. The van der Waals surface area contributed by atoms with Gasteiger partial charge < -0.3 is 9.88 Å². The molecule has 1 fully saturated rings. The Bertz CT molecular complexity index is 1620. The number of nitrogens with zero attached hydrogens (tertiary/aromatic N) is 3. The highest BCUT2D eigenvalue weighted by Gasteiger charge is 2.28. The van der Waals surface area contributed by atoms with E-state index in [1.54, 1.807) is 17.0 Å². The molecule has 2 aromatic heterocycles. The van der Waals surface area contributed by atoms with E-state index in [9.17, 15) is 14.0 Å². The van der Waals surface area contributed by atoms with Gasteiger partial charge in [-0.15, -0.1) is 0 Å². The Morgan fingerprint density at radius 1 is 0.943 bits per heavy atom. The van der Waals surface area contributed by atoms with Crippen molar-refractivity contribution in [1.82, 2.24) is 19.4 Å². The van der Waals surface area contributed by atoms with E-state index < -0.39 is 5.82 Å². The summed E-state index contributed by atoms with van der Waals surface area (Å²) in [6, 6.07) is 23.4. The van der Waals surface area contributed by atoms with Crippen LogP contribution in [0.1, 0.15) is 29.2 Å². The van der Waals surface area contributed by atoms with E-state index in [4.69, 9.17) is 0 Å². The predicted octanol–water partition coefficient (Wildman–Crippen LogP) is 5.16. The lowest BCUT2D eigenvalue weighted by Gasteiger charge is -2.33. The fourth-order valence-electron chi connectivity index (χ4n) is 5.07. The van der Waals surface area contributed by atoms with Crippen LogP contribution in [0.3, 0.4) is 0 Å². The summed E-state index contributed by atoms with van der Waals surface area (Å²) >= 11 is 0. The van der Waals surface area contributed by atoms with Gasteiger partial charge in [-0.05, 0) is 49.2 Å². The van der Waals surface area contributed by atoms with Crippen LogP contribution in [-0.4, -0.2) is 38.4 Å². The molecule has 6 rings (SSSR count). The number of likely N-dealkylation sites (tertiary alicyclic amines) is 1. The standard InChI is InChI=1S/C28H23FN4O2/c29-19-10-11-23-21(16-19)22(17-25(30-23)18-6-2-1-3-7-18)27(34)32-14-12-20(13-15-32)33-26-9-5-4-8-24(26)31-28(33)35/h1-11,16-17,20H,12-15H2,(H,31,35). The van der Waals surface area contributed by atoms with Crippen molar-refractivity contribution in [1.29, 1.82) is 0 Å². The number of imidazole rings is 1. The average molecular weight is 467 g/mol. The minimum atomic E-state index is -0.404. The van der Waals surface area contributed by atoms with Crippen molar-refractivity contribution in [3.8, 4) is 11.3 Å². The van der Waals surface area contributed by atoms with E-state index in [0.717, 1.165) is 16.6 Å². The van der Waals surface area contributed by atoms with Crippen LogP contribution in [0.25, 0.3) is 33.2 Å². The lowest BCUT2D eigenvalue weighted by atomic mass is 10.00. The van der Waals surface area contributed by atoms with Gasteiger partial charge in [0, 0.05) is 30.1 Å². The number of rotatable bonds is 3. The summed E-state index contributed by atoms with van der Waals surface area (Å²) in [6.07, 6.45) is 1.33. The van der Waals surface area contributed by atoms with Crippen LogP contribution in [0.15, 0.2) is 83.7 Å². The van der Waals surface area contributed by atoms with Gasteiger partial charge in [-0.3, -0.25) is 9.36 Å². The summed E-state index contributed by atoms with van der Waals surface area (Å²) in [5.74, 6) is -0.553. The minimum absolute atomic E-state index is 0.00853. The van der Waals surface area contributed by atoms with E-state index in [-0.39, 0.29) is 17.6 Å². The predicted molar refractivity (Wildman–Crippen MR) is 134 cm³/mol. The molecule has 35 heavy (non-hydrogen) atoms. The number of piperidine rings is 1. The van der Waals surface area contributed by atoms with E-state index in [0.29, 0.717) is 48.1 Å². The summed E-state index contributed by atoms with van der Waals surface area (Å²) in [4.78, 5) is 35.7. The second-order valence-corrected chi connectivity index (χ2v) is 8.92. The fourth-order valence-corrected chi connectivity index (χ4v) is 5.07. The van der Waals surface area contributed by atoms with Gasteiger partial charge in [-0.25, -0.2) is 14.2 Å². The van der Waals surface area contributed by atoms with Crippen molar-refractivity contribution in [2.45, 2.75) is 18.9 Å². The Labute approximate surface area is 200 Å². The third-order valence-electron chi connectivity index (χ3n) is 6.81. The number of pyridine rings is 1. The highest BCUT2D eigenvalue weighted by molar-refractivity contribution is 6.07. The maximum absolute atomic E-state index is 14.1. The highest BCUT2D eigenvalue weighted by atomic mass is 19.1. The number of carbonyl (C=O) groups is 1. The molecule has 0 spiro atoms. The summed E-state index contributed by atoms with van der Waals surface area (Å²) in [5.41, 5.74) is 4.16. The second kappa shape index (κ2) is 8.51. The van der Waals surface area contributed by atoms with Gasteiger partial charge in [0.15, 0.2) is 0 Å². The number of fused-ring (bicyclic) bond motifs is 2. The van der Waals surface area contributed by atoms with Gasteiger partial charge in [-0.2, -0.15) is 0 Å². The van der Waals surface area contributed by atoms with Crippen LogP contribution in [0.2, 0.25) is 0 Å². The largest absolute Gasteiger partial charge is 0.338 e. The molecular formula is C28H23FN4O2. The third kappa shape index (κ3) is 3.79. The molecule has 1 N–H and O–H groups in total. The van der Waals surface area contributed by atoms with E-state index in [2.05, 4.69) is 9.97 Å². The molecule has 0 bridgehead atoms. The monoisotopic (exact) mass is 466 g/mol. The molecule has 3 aromatic carbocycles. The molecule has 7 heteroatoms. The normalized spacial score (nSPS) is 14.6. The van der Waals surface area contributed by atoms with Gasteiger partial charge in [0.2, 0.25) is 0 Å². The van der Waals surface area contributed by atoms with E-state index in [1.165, 1.54) is 12.1 Å². The second-order valence-electron chi connectivity index (χ2n) is 8.92. The smallest absolute Gasteiger partial charge is 0.326 e. The number of benzene rings is 3. The average Bonchev–Trinajstić information content (AvgIpc) is 3.24. The van der Waals surface area contributed by atoms with Crippen LogP contribution in [0.4, 0.5) is 4.39 Å². The van der Waals surface area contributed by atoms with E-state index in [1.807, 2.05) is 59.2 Å². The maximum Gasteiger partial charge on any atom is 0.326 e. The lowest BCUT2D eigenvalue weighted by Crippen LogP contribution is -2.40. The molecule has 0 atom stereocenters. The highest BCUT2D eigenvalue weighted by Crippen LogP contribution is 2.29. The number of nitrogens with one attached hydrogen (secondary N) is 1. The first-order chi connectivity index (χ1) is 17.1. The molecule has 1 amide bonds. The van der Waals surface area contributed by atoms with Crippen LogP contribution in [0, 0.1) is 5.82 Å². The van der Waals surface area contributed by atoms with Crippen molar-refractivity contribution in [2.75, 3.05) is 13.1 Å². The molecule has 174 valence electrons. The van der Waals surface area contributed by atoms with Gasteiger partial charge >= 0.3 is 5.69 Å². The molecule has 1 aliphatic rings. The Hall–Kier alpha value is -4.26. The van der Waals surface area contributed by atoms with Crippen LogP contribution in [0.5, 0.6) is 0 Å². The molecule has 1 saturated heterocycles. The number of aromatic nitrogens is 3. The summed E-state index contributed by atoms with van der Waals surface area (Å²) in [7, 11) is 0. The number of halogens is 1. The Morgan fingerprint density at radius 3 is 2.49 bits per heavy atom. The summed E-state index contributed by atoms with van der Waals surface area (Å²) in [5, 5.41) is 0.504. The maximum atomic E-state index is 14.1. The first-order valence-corrected chi connectivity index (χ1v) is 11.7. The van der Waals surface area contributed by atoms with Crippen molar-refractivity contribution < 1.29 is 9.18 Å².